The number of rotatable bonds is 0. The molecule has 1 fully saturated rings. The molecule has 1 nitrogen and oxygen atoms in total. The molecule has 0 radical (unpaired) electrons. The number of ether oxygens (including phenoxy) is 1. The summed E-state index contributed by atoms with van der Waals surface area (Å²) >= 11 is 0. The third kappa shape index (κ3) is 1.58. The van der Waals surface area contributed by atoms with Gasteiger partial charge in [-0.3, -0.25) is 0 Å². The largest absolute Gasteiger partial charge is 0.375 e. The molecule has 11 heavy (non-hydrogen) atoms. The third-order valence-corrected chi connectivity index (χ3v) is 3.57. The van der Waals surface area contributed by atoms with Crippen LogP contribution < -0.4 is 0 Å². The van der Waals surface area contributed by atoms with Gasteiger partial charge in [0, 0.05) is 0 Å². The van der Waals surface area contributed by atoms with Gasteiger partial charge in [-0.05, 0) is 31.6 Å². The van der Waals surface area contributed by atoms with Gasteiger partial charge in [0.25, 0.3) is 0 Å². The average molecular weight is 156 g/mol. The highest BCUT2D eigenvalue weighted by Crippen LogP contribution is 2.34. The van der Waals surface area contributed by atoms with Crippen LogP contribution in [0.25, 0.3) is 0 Å². The van der Waals surface area contributed by atoms with E-state index in [1.807, 2.05) is 0 Å². The Bertz CT molecular complexity index is 119. The SMILES string of the molecule is CC1O[C@H](C)[C@@H](C)[C@H](C)[C@H]1C. The van der Waals surface area contributed by atoms with Crippen molar-refractivity contribution >= 4 is 0 Å². The van der Waals surface area contributed by atoms with Crippen molar-refractivity contribution < 1.29 is 4.74 Å². The van der Waals surface area contributed by atoms with Gasteiger partial charge in [0.15, 0.2) is 0 Å². The molecular weight excluding hydrogens is 136 g/mol. The quantitative estimate of drug-likeness (QED) is 0.524. The third-order valence-electron chi connectivity index (χ3n) is 3.57. The second kappa shape index (κ2) is 3.14. The predicted molar refractivity (Wildman–Crippen MR) is 47.5 cm³/mol. The second-order valence-electron chi connectivity index (χ2n) is 4.12. The van der Waals surface area contributed by atoms with E-state index in [1.165, 1.54) is 0 Å². The lowest BCUT2D eigenvalue weighted by molar-refractivity contribution is -0.116. The first kappa shape index (κ1) is 9.05. The molecule has 1 unspecified atom stereocenters. The lowest BCUT2D eigenvalue weighted by Crippen LogP contribution is -2.41. The van der Waals surface area contributed by atoms with Gasteiger partial charge in [-0.1, -0.05) is 20.8 Å². The molecule has 0 aromatic rings. The van der Waals surface area contributed by atoms with E-state index in [1.54, 1.807) is 0 Å². The van der Waals surface area contributed by atoms with E-state index < -0.39 is 0 Å². The molecule has 5 atom stereocenters. The zero-order chi connectivity index (χ0) is 8.59. The maximum atomic E-state index is 5.78. The van der Waals surface area contributed by atoms with Crippen molar-refractivity contribution in [1.82, 2.24) is 0 Å². The monoisotopic (exact) mass is 156 g/mol. The van der Waals surface area contributed by atoms with Crippen LogP contribution in [0.4, 0.5) is 0 Å². The minimum absolute atomic E-state index is 0.441. The molecule has 1 heteroatoms. The summed E-state index contributed by atoms with van der Waals surface area (Å²) in [4.78, 5) is 0. The Labute approximate surface area is 70.1 Å². The highest BCUT2D eigenvalue weighted by atomic mass is 16.5. The number of hydrogen-bond acceptors (Lipinski definition) is 1. The Hall–Kier alpha value is -0.0400. The molecule has 0 amide bonds. The minimum atomic E-state index is 0.441. The van der Waals surface area contributed by atoms with Gasteiger partial charge >= 0.3 is 0 Å². The zero-order valence-electron chi connectivity index (χ0n) is 8.29. The zero-order valence-corrected chi connectivity index (χ0v) is 8.29. The highest BCUT2D eigenvalue weighted by molar-refractivity contribution is 4.81. The number of hydrogen-bond donors (Lipinski definition) is 0. The van der Waals surface area contributed by atoms with Crippen LogP contribution in [-0.4, -0.2) is 12.2 Å². The summed E-state index contributed by atoms with van der Waals surface area (Å²) in [5.41, 5.74) is 0. The summed E-state index contributed by atoms with van der Waals surface area (Å²) in [7, 11) is 0. The van der Waals surface area contributed by atoms with Gasteiger partial charge in [0.05, 0.1) is 12.2 Å². The van der Waals surface area contributed by atoms with Crippen LogP contribution in [0.2, 0.25) is 0 Å². The molecule has 0 aromatic heterocycles. The molecule has 0 aromatic carbocycles. The Kier molecular flexibility index (Phi) is 2.58. The van der Waals surface area contributed by atoms with Gasteiger partial charge < -0.3 is 4.74 Å². The van der Waals surface area contributed by atoms with Crippen molar-refractivity contribution in [3.8, 4) is 0 Å². The molecule has 66 valence electrons. The van der Waals surface area contributed by atoms with Crippen molar-refractivity contribution in [2.45, 2.75) is 46.8 Å². The van der Waals surface area contributed by atoms with E-state index >= 15 is 0 Å². The molecule has 1 aliphatic rings. The maximum absolute atomic E-state index is 5.78. The lowest BCUT2D eigenvalue weighted by Gasteiger charge is -2.41. The summed E-state index contributed by atoms with van der Waals surface area (Å²) in [6.07, 6.45) is 0.882. The Morgan fingerprint density at radius 1 is 0.636 bits per heavy atom. The second-order valence-corrected chi connectivity index (χ2v) is 4.12. The Morgan fingerprint density at radius 2 is 1.00 bits per heavy atom. The van der Waals surface area contributed by atoms with Crippen molar-refractivity contribution in [2.24, 2.45) is 17.8 Å². The highest BCUT2D eigenvalue weighted by Gasteiger charge is 2.34. The van der Waals surface area contributed by atoms with Gasteiger partial charge in [-0.25, -0.2) is 0 Å². The van der Waals surface area contributed by atoms with Crippen LogP contribution in [0.3, 0.4) is 0 Å². The normalized spacial score (nSPS) is 52.6. The summed E-state index contributed by atoms with van der Waals surface area (Å²) in [6, 6.07) is 0. The summed E-state index contributed by atoms with van der Waals surface area (Å²) in [5, 5.41) is 0. The van der Waals surface area contributed by atoms with Crippen molar-refractivity contribution in [1.29, 1.82) is 0 Å². The first-order valence-electron chi connectivity index (χ1n) is 4.69. The molecule has 1 rings (SSSR count). The van der Waals surface area contributed by atoms with Crippen LogP contribution in [0.15, 0.2) is 0 Å². The fourth-order valence-electron chi connectivity index (χ4n) is 1.92. The van der Waals surface area contributed by atoms with Crippen molar-refractivity contribution in [3.05, 3.63) is 0 Å². The van der Waals surface area contributed by atoms with E-state index in [2.05, 4.69) is 34.6 Å². The lowest BCUT2D eigenvalue weighted by atomic mass is 9.77. The fraction of sp³-hybridized carbons (Fsp3) is 1.00. The molecule has 0 bridgehead atoms. The van der Waals surface area contributed by atoms with E-state index in [4.69, 9.17) is 4.74 Å². The molecule has 1 saturated heterocycles. The van der Waals surface area contributed by atoms with Gasteiger partial charge in [-0.2, -0.15) is 0 Å². The average Bonchev–Trinajstić information content (AvgIpc) is 1.97. The van der Waals surface area contributed by atoms with Crippen LogP contribution >= 0.6 is 0 Å². The molecule has 0 N–H and O–H groups in total. The summed E-state index contributed by atoms with van der Waals surface area (Å²) in [6.45, 7) is 11.3. The van der Waals surface area contributed by atoms with E-state index in [-0.39, 0.29) is 0 Å². The van der Waals surface area contributed by atoms with Gasteiger partial charge in [0.1, 0.15) is 0 Å². The molecular formula is C10H20O. The van der Waals surface area contributed by atoms with Crippen molar-refractivity contribution in [2.75, 3.05) is 0 Å². The van der Waals surface area contributed by atoms with E-state index in [0.717, 1.165) is 5.92 Å². The summed E-state index contributed by atoms with van der Waals surface area (Å²) < 4.78 is 5.78. The molecule has 0 saturated carbocycles. The van der Waals surface area contributed by atoms with Crippen LogP contribution in [0, 0.1) is 17.8 Å². The molecule has 1 heterocycles. The summed E-state index contributed by atoms with van der Waals surface area (Å²) in [5.74, 6) is 2.22. The fourth-order valence-corrected chi connectivity index (χ4v) is 1.92. The van der Waals surface area contributed by atoms with E-state index in [9.17, 15) is 0 Å². The van der Waals surface area contributed by atoms with Gasteiger partial charge in [0.2, 0.25) is 0 Å². The first-order chi connectivity index (χ1) is 5.04. The Morgan fingerprint density at radius 3 is 1.36 bits per heavy atom. The van der Waals surface area contributed by atoms with Crippen LogP contribution in [0.1, 0.15) is 34.6 Å². The predicted octanol–water partition coefficient (Wildman–Crippen LogP) is 2.70. The smallest absolute Gasteiger partial charge is 0.0578 e. The standard InChI is InChI=1S/C10H20O/c1-6-7(2)9(4)11-10(5)8(6)3/h6-10H,1-5H3/t6-,7-,8+,9+,10?/m0/s1. The van der Waals surface area contributed by atoms with Crippen molar-refractivity contribution in [3.63, 3.8) is 0 Å². The Balaban J connectivity index is 2.63. The van der Waals surface area contributed by atoms with Gasteiger partial charge in [-0.15, -0.1) is 0 Å². The van der Waals surface area contributed by atoms with E-state index in [0.29, 0.717) is 24.0 Å². The van der Waals surface area contributed by atoms with Crippen LogP contribution in [-0.2, 0) is 4.74 Å². The maximum Gasteiger partial charge on any atom is 0.0578 e. The molecule has 0 spiro atoms. The topological polar surface area (TPSA) is 9.23 Å². The molecule has 0 aliphatic carbocycles. The minimum Gasteiger partial charge on any atom is -0.375 e. The first-order valence-corrected chi connectivity index (χ1v) is 4.69. The molecule has 1 aliphatic heterocycles. The van der Waals surface area contributed by atoms with Crippen LogP contribution in [0.5, 0.6) is 0 Å².